The van der Waals surface area contributed by atoms with Crippen LogP contribution in [0.1, 0.15) is 13.3 Å². The van der Waals surface area contributed by atoms with Gasteiger partial charge >= 0.3 is 0 Å². The molecule has 0 aromatic heterocycles. The molecule has 0 aliphatic carbocycles. The molecule has 56 valence electrons. The summed E-state index contributed by atoms with van der Waals surface area (Å²) in [6.45, 7) is 2.19. The van der Waals surface area contributed by atoms with Gasteiger partial charge in [0.1, 0.15) is 0 Å². The first-order valence-corrected chi connectivity index (χ1v) is 6.83. The van der Waals surface area contributed by atoms with Gasteiger partial charge in [0.25, 0.3) is 0 Å². The maximum absolute atomic E-state index is 6.07. The van der Waals surface area contributed by atoms with Gasteiger partial charge in [-0.05, 0) is 20.1 Å². The topological polar surface area (TPSA) is 3.24 Å². The van der Waals surface area contributed by atoms with Crippen LogP contribution in [-0.2, 0) is 0 Å². The summed E-state index contributed by atoms with van der Waals surface area (Å²) in [5.41, 5.74) is 0. The molecule has 0 bridgehead atoms. The van der Waals surface area contributed by atoms with Crippen molar-refractivity contribution in [1.29, 1.82) is 0 Å². The Morgan fingerprint density at radius 2 is 2.00 bits per heavy atom. The molecule has 0 fully saturated rings. The third-order valence-electron chi connectivity index (χ3n) is 1.17. The van der Waals surface area contributed by atoms with Crippen molar-refractivity contribution >= 4 is 19.2 Å². The molecule has 0 aliphatic rings. The average Bonchev–Trinajstić information content (AvgIpc) is 1.63. The molecule has 0 saturated heterocycles. The fourth-order valence-corrected chi connectivity index (χ4v) is 3.88. The number of halogens is 1. The van der Waals surface area contributed by atoms with Crippen molar-refractivity contribution in [1.82, 2.24) is 4.90 Å². The number of nitrogens with zero attached hydrogens (tertiary/aromatic N) is 1. The highest BCUT2D eigenvalue weighted by molar-refractivity contribution is 7.07. The van der Waals surface area contributed by atoms with Crippen LogP contribution < -0.4 is 0 Å². The smallest absolute Gasteiger partial charge is 0.154 e. The summed E-state index contributed by atoms with van der Waals surface area (Å²) in [6, 6.07) is 1.26. The number of rotatable bonds is 4. The zero-order valence-electron chi connectivity index (χ0n) is 6.52. The first kappa shape index (κ1) is 9.47. The lowest BCUT2D eigenvalue weighted by Crippen LogP contribution is -2.24. The van der Waals surface area contributed by atoms with Crippen LogP contribution in [0, 0.1) is 0 Å². The third-order valence-corrected chi connectivity index (χ3v) is 4.56. The lowest BCUT2D eigenvalue weighted by Gasteiger charge is -2.11. The lowest BCUT2D eigenvalue weighted by atomic mass is 10.6. The highest BCUT2D eigenvalue weighted by atomic mass is 35.6. The maximum atomic E-state index is 6.07. The van der Waals surface area contributed by atoms with Crippen LogP contribution in [0.25, 0.3) is 0 Å². The highest BCUT2D eigenvalue weighted by Gasteiger charge is 2.05. The number of hydrogen-bond acceptors (Lipinski definition) is 1. The average molecular weight is 166 g/mol. The minimum Gasteiger partial charge on any atom is -0.311 e. The quantitative estimate of drug-likeness (QED) is 0.451. The Kier molecular flexibility index (Phi) is 5.54. The van der Waals surface area contributed by atoms with Crippen LogP contribution in [0.2, 0.25) is 6.04 Å². The van der Waals surface area contributed by atoms with Gasteiger partial charge in [-0.1, -0.05) is 13.3 Å². The molecule has 0 N–H and O–H groups in total. The van der Waals surface area contributed by atoms with Crippen LogP contribution in [-0.4, -0.2) is 33.3 Å². The molecule has 0 rings (SSSR count). The van der Waals surface area contributed by atoms with Crippen LogP contribution in [0.4, 0.5) is 0 Å². The fraction of sp³-hybridized carbons (Fsp3) is 1.00. The van der Waals surface area contributed by atoms with Crippen molar-refractivity contribution in [2.24, 2.45) is 0 Å². The molecule has 1 nitrogen and oxygen atoms in total. The van der Waals surface area contributed by atoms with Gasteiger partial charge in [-0.3, -0.25) is 0 Å². The Hall–Kier alpha value is 0.467. The summed E-state index contributed by atoms with van der Waals surface area (Å²) >= 11 is 6.07. The molecule has 0 saturated carbocycles. The second-order valence-electron chi connectivity index (χ2n) is 2.65. The van der Waals surface area contributed by atoms with E-state index in [1.165, 1.54) is 12.5 Å². The van der Waals surface area contributed by atoms with Crippen molar-refractivity contribution in [3.05, 3.63) is 0 Å². The van der Waals surface area contributed by atoms with E-state index in [2.05, 4.69) is 25.9 Å². The van der Waals surface area contributed by atoms with Crippen molar-refractivity contribution in [2.45, 2.75) is 19.4 Å². The molecule has 0 aromatic carbocycles. The third kappa shape index (κ3) is 6.35. The van der Waals surface area contributed by atoms with Crippen molar-refractivity contribution in [2.75, 3.05) is 20.3 Å². The minimum atomic E-state index is -0.862. The lowest BCUT2D eigenvalue weighted by molar-refractivity contribution is 0.475. The largest absolute Gasteiger partial charge is 0.311 e. The molecule has 0 heterocycles. The first-order chi connectivity index (χ1) is 4.16. The van der Waals surface area contributed by atoms with Crippen LogP contribution in [0.15, 0.2) is 0 Å². The fourth-order valence-electron chi connectivity index (χ4n) is 0.801. The second kappa shape index (κ2) is 5.27. The monoisotopic (exact) mass is 165 g/mol. The molecule has 0 radical (unpaired) electrons. The van der Waals surface area contributed by atoms with Crippen LogP contribution in [0.3, 0.4) is 0 Å². The standard InChI is InChI=1S/C6H16ClNSi/c1-4-5-9(7)6-8(2)3/h9H,4-6H2,1-3H3. The van der Waals surface area contributed by atoms with Gasteiger partial charge in [-0.2, -0.15) is 11.1 Å². The molecule has 9 heavy (non-hydrogen) atoms. The van der Waals surface area contributed by atoms with Crippen molar-refractivity contribution in [3.63, 3.8) is 0 Å². The van der Waals surface area contributed by atoms with E-state index in [1.54, 1.807) is 0 Å². The van der Waals surface area contributed by atoms with E-state index in [0.29, 0.717) is 0 Å². The Balaban J connectivity index is 3.15. The van der Waals surface area contributed by atoms with Crippen molar-refractivity contribution in [3.8, 4) is 0 Å². The summed E-state index contributed by atoms with van der Waals surface area (Å²) in [5, 5.41) is 0. The SMILES string of the molecule is CCC[SiH](Cl)CN(C)C. The van der Waals surface area contributed by atoms with Gasteiger partial charge in [0.05, 0.1) is 0 Å². The zero-order chi connectivity index (χ0) is 7.28. The zero-order valence-corrected chi connectivity index (χ0v) is 8.43. The summed E-state index contributed by atoms with van der Waals surface area (Å²) < 4.78 is 0. The van der Waals surface area contributed by atoms with Crippen LogP contribution >= 0.6 is 11.1 Å². The molecular formula is C6H16ClNSi. The predicted octanol–water partition coefficient (Wildman–Crippen LogP) is 1.46. The van der Waals surface area contributed by atoms with Crippen LogP contribution in [0.5, 0.6) is 0 Å². The van der Waals surface area contributed by atoms with E-state index in [-0.39, 0.29) is 0 Å². The van der Waals surface area contributed by atoms with Gasteiger partial charge in [-0.25, -0.2) is 0 Å². The van der Waals surface area contributed by atoms with Crippen molar-refractivity contribution < 1.29 is 0 Å². The van der Waals surface area contributed by atoms with Gasteiger partial charge in [0.2, 0.25) is 0 Å². The van der Waals surface area contributed by atoms with E-state index >= 15 is 0 Å². The Morgan fingerprint density at radius 3 is 2.33 bits per heavy atom. The summed E-state index contributed by atoms with van der Waals surface area (Å²) in [6.07, 6.45) is 2.38. The Morgan fingerprint density at radius 1 is 1.44 bits per heavy atom. The van der Waals surface area contributed by atoms with Gasteiger partial charge in [0.15, 0.2) is 8.11 Å². The Bertz CT molecular complexity index is 68.1. The second-order valence-corrected chi connectivity index (χ2v) is 6.64. The molecule has 0 amide bonds. The van der Waals surface area contributed by atoms with Gasteiger partial charge in [0, 0.05) is 6.17 Å². The maximum Gasteiger partial charge on any atom is 0.154 e. The van der Waals surface area contributed by atoms with E-state index in [4.69, 9.17) is 11.1 Å². The van der Waals surface area contributed by atoms with E-state index in [9.17, 15) is 0 Å². The normalized spacial score (nSPS) is 14.3. The summed E-state index contributed by atoms with van der Waals surface area (Å²) in [5.74, 6) is 0. The molecule has 0 aromatic rings. The summed E-state index contributed by atoms with van der Waals surface area (Å²) in [4.78, 5) is 2.18. The minimum absolute atomic E-state index is 0.862. The Labute approximate surface area is 64.3 Å². The summed E-state index contributed by atoms with van der Waals surface area (Å²) in [7, 11) is 3.30. The predicted molar refractivity (Wildman–Crippen MR) is 46.7 cm³/mol. The van der Waals surface area contributed by atoms with E-state index in [1.807, 2.05) is 0 Å². The molecular weight excluding hydrogens is 150 g/mol. The van der Waals surface area contributed by atoms with Gasteiger partial charge in [-0.15, -0.1) is 0 Å². The molecule has 0 aliphatic heterocycles. The first-order valence-electron chi connectivity index (χ1n) is 3.45. The molecule has 0 spiro atoms. The number of hydrogen-bond donors (Lipinski definition) is 0. The highest BCUT2D eigenvalue weighted by Crippen LogP contribution is 2.01. The van der Waals surface area contributed by atoms with E-state index < -0.39 is 8.11 Å². The molecule has 3 heteroatoms. The molecule has 1 atom stereocenters. The molecule has 1 unspecified atom stereocenters. The van der Waals surface area contributed by atoms with Gasteiger partial charge < -0.3 is 4.90 Å². The van der Waals surface area contributed by atoms with E-state index in [0.717, 1.165) is 6.17 Å².